The Balaban J connectivity index is 2.66. The first kappa shape index (κ1) is 16.5. The number of carbonyl (C=O) groups is 3. The van der Waals surface area contributed by atoms with Gasteiger partial charge >= 0.3 is 11.9 Å². The van der Waals surface area contributed by atoms with Gasteiger partial charge in [-0.05, 0) is 30.7 Å². The van der Waals surface area contributed by atoms with Crippen molar-refractivity contribution in [1.82, 2.24) is 5.32 Å². The van der Waals surface area contributed by atoms with Gasteiger partial charge in [-0.1, -0.05) is 0 Å². The minimum absolute atomic E-state index is 0.0378. The lowest BCUT2D eigenvalue weighted by atomic mass is 10.1. The van der Waals surface area contributed by atoms with Crippen LogP contribution < -0.4 is 10.1 Å². The van der Waals surface area contributed by atoms with Crippen LogP contribution in [-0.4, -0.2) is 43.2 Å². The van der Waals surface area contributed by atoms with Crippen molar-refractivity contribution in [3.05, 3.63) is 29.8 Å². The molecule has 0 aliphatic heterocycles. The van der Waals surface area contributed by atoms with Crippen LogP contribution in [0.4, 0.5) is 0 Å². The van der Waals surface area contributed by atoms with E-state index in [0.717, 1.165) is 0 Å². The number of carbonyl (C=O) groups excluding carboxylic acids is 2. The summed E-state index contributed by atoms with van der Waals surface area (Å²) in [4.78, 5) is 34.0. The first-order valence-electron chi connectivity index (χ1n) is 6.22. The molecule has 1 aromatic rings. The van der Waals surface area contributed by atoms with Crippen LogP contribution in [0.25, 0.3) is 0 Å². The average molecular weight is 295 g/mol. The van der Waals surface area contributed by atoms with Gasteiger partial charge in [0, 0.05) is 12.0 Å². The molecule has 0 unspecified atom stereocenters. The zero-order chi connectivity index (χ0) is 15.8. The molecule has 114 valence electrons. The second-order valence-electron chi connectivity index (χ2n) is 4.21. The summed E-state index contributed by atoms with van der Waals surface area (Å²) in [6.45, 7) is 0. The lowest BCUT2D eigenvalue weighted by Crippen LogP contribution is -2.41. The van der Waals surface area contributed by atoms with Gasteiger partial charge in [-0.2, -0.15) is 0 Å². The molecule has 1 atom stereocenters. The van der Waals surface area contributed by atoms with Gasteiger partial charge in [-0.25, -0.2) is 4.79 Å². The average Bonchev–Trinajstić information content (AvgIpc) is 2.50. The standard InChI is InChI=1S/C14H17NO6/c1-20-10-5-3-9(4-6-10)13(17)15-11(14(18)19)7-8-12(16)21-2/h3-6,11H,7-8H2,1-2H3,(H,15,17)(H,18,19)/t11-/m1/s1. The molecule has 0 fully saturated rings. The number of aliphatic carboxylic acids is 1. The second-order valence-corrected chi connectivity index (χ2v) is 4.21. The van der Waals surface area contributed by atoms with Crippen LogP contribution in [0.2, 0.25) is 0 Å². The van der Waals surface area contributed by atoms with Crippen molar-refractivity contribution >= 4 is 17.8 Å². The van der Waals surface area contributed by atoms with E-state index >= 15 is 0 Å². The SMILES string of the molecule is COC(=O)CC[C@@H](NC(=O)c1ccc(OC)cc1)C(=O)O. The predicted octanol–water partition coefficient (Wildman–Crippen LogP) is 0.831. The van der Waals surface area contributed by atoms with Gasteiger partial charge in [0.2, 0.25) is 0 Å². The summed E-state index contributed by atoms with van der Waals surface area (Å²) in [6, 6.07) is 5.08. The summed E-state index contributed by atoms with van der Waals surface area (Å²) in [7, 11) is 2.72. The number of ether oxygens (including phenoxy) is 2. The first-order valence-corrected chi connectivity index (χ1v) is 6.22. The fourth-order valence-electron chi connectivity index (χ4n) is 1.61. The molecule has 2 N–H and O–H groups in total. The molecule has 0 heterocycles. The van der Waals surface area contributed by atoms with Crippen LogP contribution in [0, 0.1) is 0 Å². The predicted molar refractivity (Wildman–Crippen MR) is 73.1 cm³/mol. The summed E-state index contributed by atoms with van der Waals surface area (Å²) < 4.78 is 9.41. The first-order chi connectivity index (χ1) is 9.97. The molecule has 0 radical (unpaired) electrons. The van der Waals surface area contributed by atoms with Crippen LogP contribution in [0.1, 0.15) is 23.2 Å². The van der Waals surface area contributed by atoms with Crippen molar-refractivity contribution in [2.75, 3.05) is 14.2 Å². The maximum Gasteiger partial charge on any atom is 0.326 e. The summed E-state index contributed by atoms with van der Waals surface area (Å²) in [5.41, 5.74) is 0.306. The third-order valence-corrected chi connectivity index (χ3v) is 2.82. The second kappa shape index (κ2) is 7.88. The largest absolute Gasteiger partial charge is 0.497 e. The van der Waals surface area contributed by atoms with Crippen molar-refractivity contribution < 1.29 is 29.0 Å². The maximum atomic E-state index is 11.9. The van der Waals surface area contributed by atoms with E-state index < -0.39 is 23.9 Å². The molecule has 0 saturated carbocycles. The number of rotatable bonds is 7. The molecule has 7 nitrogen and oxygen atoms in total. The molecule has 1 aromatic carbocycles. The van der Waals surface area contributed by atoms with E-state index in [4.69, 9.17) is 9.84 Å². The van der Waals surface area contributed by atoms with E-state index in [0.29, 0.717) is 11.3 Å². The number of hydrogen-bond donors (Lipinski definition) is 2. The summed E-state index contributed by atoms with van der Waals surface area (Å²) in [6.07, 6.45) is -0.125. The molecule has 0 aliphatic rings. The number of methoxy groups -OCH3 is 2. The van der Waals surface area contributed by atoms with Crippen molar-refractivity contribution in [3.63, 3.8) is 0 Å². The summed E-state index contributed by atoms with van der Waals surface area (Å²) in [5.74, 6) is -1.68. The fourth-order valence-corrected chi connectivity index (χ4v) is 1.61. The number of carboxylic acid groups (broad SMARTS) is 1. The van der Waals surface area contributed by atoms with Gasteiger partial charge in [0.1, 0.15) is 11.8 Å². The van der Waals surface area contributed by atoms with Crippen LogP contribution in [0.15, 0.2) is 24.3 Å². The van der Waals surface area contributed by atoms with Crippen molar-refractivity contribution in [2.45, 2.75) is 18.9 Å². The van der Waals surface area contributed by atoms with Gasteiger partial charge < -0.3 is 19.9 Å². The molecule has 0 spiro atoms. The lowest BCUT2D eigenvalue weighted by Gasteiger charge is -2.14. The third-order valence-electron chi connectivity index (χ3n) is 2.82. The number of hydrogen-bond acceptors (Lipinski definition) is 5. The smallest absolute Gasteiger partial charge is 0.326 e. The zero-order valence-electron chi connectivity index (χ0n) is 11.8. The summed E-state index contributed by atoms with van der Waals surface area (Å²) >= 11 is 0. The van der Waals surface area contributed by atoms with Crippen molar-refractivity contribution in [1.29, 1.82) is 0 Å². The van der Waals surface area contributed by atoms with Crippen LogP contribution in [0.3, 0.4) is 0 Å². The number of nitrogens with one attached hydrogen (secondary N) is 1. The Morgan fingerprint density at radius 3 is 2.29 bits per heavy atom. The van der Waals surface area contributed by atoms with E-state index in [2.05, 4.69) is 10.1 Å². The highest BCUT2D eigenvalue weighted by molar-refractivity contribution is 5.96. The van der Waals surface area contributed by atoms with Gasteiger partial charge in [-0.15, -0.1) is 0 Å². The van der Waals surface area contributed by atoms with E-state index in [9.17, 15) is 14.4 Å². The van der Waals surface area contributed by atoms with Crippen LogP contribution in [-0.2, 0) is 14.3 Å². The Hall–Kier alpha value is -2.57. The highest BCUT2D eigenvalue weighted by atomic mass is 16.5. The van der Waals surface area contributed by atoms with Crippen LogP contribution >= 0.6 is 0 Å². The quantitative estimate of drug-likeness (QED) is 0.722. The number of esters is 1. The maximum absolute atomic E-state index is 11.9. The van der Waals surface area contributed by atoms with Gasteiger partial charge in [-0.3, -0.25) is 9.59 Å². The highest BCUT2D eigenvalue weighted by Crippen LogP contribution is 2.11. The molecular weight excluding hydrogens is 278 g/mol. The molecule has 21 heavy (non-hydrogen) atoms. The third kappa shape index (κ3) is 5.13. The van der Waals surface area contributed by atoms with Gasteiger partial charge in [0.05, 0.1) is 14.2 Å². The van der Waals surface area contributed by atoms with E-state index in [1.165, 1.54) is 26.4 Å². The Bertz CT molecular complexity index is 511. The van der Waals surface area contributed by atoms with Crippen LogP contribution in [0.5, 0.6) is 5.75 Å². The lowest BCUT2D eigenvalue weighted by molar-refractivity contribution is -0.142. The highest BCUT2D eigenvalue weighted by Gasteiger charge is 2.21. The summed E-state index contributed by atoms with van der Waals surface area (Å²) in [5, 5.41) is 11.4. The monoisotopic (exact) mass is 295 g/mol. The Morgan fingerprint density at radius 2 is 1.81 bits per heavy atom. The van der Waals surface area contributed by atoms with Crippen molar-refractivity contribution in [2.24, 2.45) is 0 Å². The number of benzene rings is 1. The number of amides is 1. The molecule has 7 heteroatoms. The fraction of sp³-hybridized carbons (Fsp3) is 0.357. The number of carboxylic acids is 1. The van der Waals surface area contributed by atoms with Crippen molar-refractivity contribution in [3.8, 4) is 5.75 Å². The molecule has 0 saturated heterocycles. The van der Waals surface area contributed by atoms with E-state index in [1.54, 1.807) is 12.1 Å². The topological polar surface area (TPSA) is 102 Å². The van der Waals surface area contributed by atoms with Gasteiger partial charge in [0.15, 0.2) is 0 Å². The normalized spacial score (nSPS) is 11.3. The van der Waals surface area contributed by atoms with E-state index in [-0.39, 0.29) is 12.8 Å². The molecule has 1 amide bonds. The zero-order valence-corrected chi connectivity index (χ0v) is 11.8. The molecular formula is C14H17NO6. The van der Waals surface area contributed by atoms with E-state index in [1.807, 2.05) is 0 Å². The Kier molecular flexibility index (Phi) is 6.19. The Morgan fingerprint density at radius 1 is 1.19 bits per heavy atom. The minimum Gasteiger partial charge on any atom is -0.497 e. The minimum atomic E-state index is -1.21. The molecule has 0 bridgehead atoms. The molecule has 1 rings (SSSR count). The molecule has 0 aromatic heterocycles. The Labute approximate surface area is 121 Å². The van der Waals surface area contributed by atoms with Gasteiger partial charge in [0.25, 0.3) is 5.91 Å². The molecule has 0 aliphatic carbocycles.